The van der Waals surface area contributed by atoms with E-state index in [-0.39, 0.29) is 4.90 Å². The van der Waals surface area contributed by atoms with E-state index in [0.29, 0.717) is 34.7 Å². The normalized spacial score (nSPS) is 11.2. The maximum Gasteiger partial charge on any atom is 0.261 e. The molecule has 38 heavy (non-hydrogen) atoms. The molecule has 192 valence electrons. The minimum atomic E-state index is -3.77. The molecule has 0 spiro atoms. The molecule has 0 aliphatic rings. The predicted molar refractivity (Wildman–Crippen MR) is 148 cm³/mol. The Kier molecular flexibility index (Phi) is 6.80. The topological polar surface area (TPSA) is 122 Å². The highest BCUT2D eigenvalue weighted by molar-refractivity contribution is 7.92. The molecule has 0 fully saturated rings. The summed E-state index contributed by atoms with van der Waals surface area (Å²) in [5, 5.41) is 6.46. The van der Waals surface area contributed by atoms with Crippen LogP contribution in [0.3, 0.4) is 0 Å². The fourth-order valence-corrected chi connectivity index (χ4v) is 4.80. The second-order valence-corrected chi connectivity index (χ2v) is 10.5. The fourth-order valence-electron chi connectivity index (χ4n) is 3.74. The van der Waals surface area contributed by atoms with Crippen LogP contribution in [-0.4, -0.2) is 23.4 Å². The summed E-state index contributed by atoms with van der Waals surface area (Å²) >= 11 is 0. The minimum absolute atomic E-state index is 0.144. The lowest BCUT2D eigenvalue weighted by Gasteiger charge is -2.12. The monoisotopic (exact) mass is 526 g/mol. The van der Waals surface area contributed by atoms with E-state index in [1.165, 1.54) is 24.0 Å². The summed E-state index contributed by atoms with van der Waals surface area (Å²) in [5.74, 6) is 1.64. The van der Waals surface area contributed by atoms with E-state index in [2.05, 4.69) is 30.3 Å². The number of nitrogens with zero attached hydrogens (tertiary/aromatic N) is 3. The van der Waals surface area contributed by atoms with Gasteiger partial charge >= 0.3 is 0 Å². The van der Waals surface area contributed by atoms with Crippen molar-refractivity contribution in [2.75, 3.05) is 15.4 Å². The van der Waals surface area contributed by atoms with Crippen molar-refractivity contribution >= 4 is 38.9 Å². The van der Waals surface area contributed by atoms with Gasteiger partial charge < -0.3 is 15.1 Å². The van der Waals surface area contributed by atoms with Gasteiger partial charge in [0.25, 0.3) is 10.0 Å². The molecule has 5 rings (SSSR count). The molecule has 0 unspecified atom stereocenters. The van der Waals surface area contributed by atoms with E-state index < -0.39 is 10.0 Å². The molecule has 0 saturated heterocycles. The molecule has 5 aromatic rings. The molecule has 2 aromatic heterocycles. The Morgan fingerprint density at radius 2 is 1.34 bits per heavy atom. The Morgan fingerprint density at radius 3 is 2.00 bits per heavy atom. The molecule has 10 heteroatoms. The van der Waals surface area contributed by atoms with Crippen molar-refractivity contribution in [3.05, 3.63) is 102 Å². The predicted octanol–water partition coefficient (Wildman–Crippen LogP) is 6.34. The molecule has 0 amide bonds. The number of sulfonamides is 1. The quantitative estimate of drug-likeness (QED) is 0.214. The molecule has 0 saturated carbocycles. The molecule has 9 nitrogen and oxygen atoms in total. The van der Waals surface area contributed by atoms with Crippen LogP contribution in [0.25, 0.3) is 11.3 Å². The van der Waals surface area contributed by atoms with Crippen molar-refractivity contribution < 1.29 is 12.8 Å². The largest absolute Gasteiger partial charge is 0.449 e. The van der Waals surface area contributed by atoms with Crippen LogP contribution in [0.2, 0.25) is 0 Å². The zero-order chi connectivity index (χ0) is 26.7. The molecule has 0 radical (unpaired) electrons. The van der Waals surface area contributed by atoms with Crippen molar-refractivity contribution in [2.24, 2.45) is 0 Å². The number of benzene rings is 3. The smallest absolute Gasteiger partial charge is 0.261 e. The molecule has 0 atom stereocenters. The van der Waals surface area contributed by atoms with Crippen molar-refractivity contribution in [3.63, 3.8) is 0 Å². The van der Waals surface area contributed by atoms with Crippen molar-refractivity contribution in [1.82, 2.24) is 15.0 Å². The van der Waals surface area contributed by atoms with Crippen LogP contribution >= 0.6 is 0 Å². The van der Waals surface area contributed by atoms with Crippen LogP contribution in [0.1, 0.15) is 17.1 Å². The van der Waals surface area contributed by atoms with Gasteiger partial charge in [-0.1, -0.05) is 29.8 Å². The molecule has 0 aliphatic heterocycles. The van der Waals surface area contributed by atoms with Crippen LogP contribution in [0.5, 0.6) is 0 Å². The highest BCUT2D eigenvalue weighted by atomic mass is 32.2. The SMILES string of the molecule is Cc1ccc(Nc2cc(C)nc(Nc3ccc(NS(=O)(=O)c4ccc(-c5coc(C)n5)cc4)cc3)n2)cc1. The van der Waals surface area contributed by atoms with Crippen LogP contribution < -0.4 is 15.4 Å². The van der Waals surface area contributed by atoms with Crippen LogP contribution in [0.15, 0.2) is 94.4 Å². The van der Waals surface area contributed by atoms with Crippen molar-refractivity contribution in [3.8, 4) is 11.3 Å². The summed E-state index contributed by atoms with van der Waals surface area (Å²) in [6, 6.07) is 23.2. The summed E-state index contributed by atoms with van der Waals surface area (Å²) in [5.41, 5.74) is 5.47. The lowest BCUT2D eigenvalue weighted by Crippen LogP contribution is -2.12. The van der Waals surface area contributed by atoms with Gasteiger partial charge in [0.2, 0.25) is 5.95 Å². The third-order valence-electron chi connectivity index (χ3n) is 5.65. The summed E-state index contributed by atoms with van der Waals surface area (Å²) < 4.78 is 33.6. The maximum atomic E-state index is 12.9. The highest BCUT2D eigenvalue weighted by Gasteiger charge is 2.15. The zero-order valence-corrected chi connectivity index (χ0v) is 21.9. The van der Waals surface area contributed by atoms with Gasteiger partial charge in [-0.05, 0) is 62.4 Å². The number of nitrogens with one attached hydrogen (secondary N) is 3. The van der Waals surface area contributed by atoms with Crippen molar-refractivity contribution in [2.45, 2.75) is 25.7 Å². The second kappa shape index (κ2) is 10.3. The lowest BCUT2D eigenvalue weighted by atomic mass is 10.2. The Balaban J connectivity index is 1.25. The van der Waals surface area contributed by atoms with E-state index in [9.17, 15) is 8.42 Å². The summed E-state index contributed by atoms with van der Waals surface area (Å²) in [7, 11) is -3.77. The number of aryl methyl sites for hydroxylation is 3. The Labute approximate surface area is 221 Å². The van der Waals surface area contributed by atoms with Gasteiger partial charge in [0.15, 0.2) is 5.89 Å². The Hall–Kier alpha value is -4.70. The lowest BCUT2D eigenvalue weighted by molar-refractivity contribution is 0.521. The van der Waals surface area contributed by atoms with Gasteiger partial charge in [-0.15, -0.1) is 0 Å². The molecule has 3 N–H and O–H groups in total. The van der Waals surface area contributed by atoms with Crippen LogP contribution in [-0.2, 0) is 10.0 Å². The number of anilines is 5. The van der Waals surface area contributed by atoms with E-state index >= 15 is 0 Å². The van der Waals surface area contributed by atoms with E-state index in [4.69, 9.17) is 4.42 Å². The first-order valence-electron chi connectivity index (χ1n) is 11.9. The first-order chi connectivity index (χ1) is 18.2. The van der Waals surface area contributed by atoms with Gasteiger partial charge in [-0.25, -0.2) is 18.4 Å². The fraction of sp³-hybridized carbons (Fsp3) is 0.107. The number of oxazole rings is 1. The number of aromatic nitrogens is 3. The number of rotatable bonds is 8. The molecule has 2 heterocycles. The van der Waals surface area contributed by atoms with Crippen LogP contribution in [0.4, 0.5) is 28.8 Å². The Morgan fingerprint density at radius 1 is 0.711 bits per heavy atom. The second-order valence-electron chi connectivity index (χ2n) is 8.79. The number of hydrogen-bond acceptors (Lipinski definition) is 8. The summed E-state index contributed by atoms with van der Waals surface area (Å²) in [4.78, 5) is 13.4. The van der Waals surface area contributed by atoms with Gasteiger partial charge in [0.05, 0.1) is 4.90 Å². The number of hydrogen-bond donors (Lipinski definition) is 3. The van der Waals surface area contributed by atoms with E-state index in [0.717, 1.165) is 16.9 Å². The molecule has 0 bridgehead atoms. The average Bonchev–Trinajstić information content (AvgIpc) is 3.32. The van der Waals surface area contributed by atoms with E-state index in [1.54, 1.807) is 43.3 Å². The van der Waals surface area contributed by atoms with Gasteiger partial charge in [-0.3, -0.25) is 4.72 Å². The van der Waals surface area contributed by atoms with Crippen LogP contribution in [0, 0.1) is 20.8 Å². The zero-order valence-electron chi connectivity index (χ0n) is 21.1. The third-order valence-corrected chi connectivity index (χ3v) is 7.05. The van der Waals surface area contributed by atoms with E-state index in [1.807, 2.05) is 44.2 Å². The maximum absolute atomic E-state index is 12.9. The highest BCUT2D eigenvalue weighted by Crippen LogP contribution is 2.24. The third kappa shape index (κ3) is 5.98. The van der Waals surface area contributed by atoms with Gasteiger partial charge in [0.1, 0.15) is 17.8 Å². The summed E-state index contributed by atoms with van der Waals surface area (Å²) in [6.07, 6.45) is 1.54. The molecular weight excluding hydrogens is 500 g/mol. The first-order valence-corrected chi connectivity index (χ1v) is 13.3. The average molecular weight is 527 g/mol. The Bertz CT molecular complexity index is 1660. The summed E-state index contributed by atoms with van der Waals surface area (Å²) in [6.45, 7) is 5.68. The standard InChI is InChI=1S/C28H26N6O3S/c1-18-4-8-22(9-5-18)31-27-16-19(2)29-28(33-27)32-23-10-12-24(13-11-23)34-38(35,36)25-14-6-21(7-15-25)26-17-37-20(3)30-26/h4-17,34H,1-3H3,(H2,29,31,32,33). The van der Waals surface area contributed by atoms with Gasteiger partial charge in [-0.2, -0.15) is 4.98 Å². The van der Waals surface area contributed by atoms with Gasteiger partial charge in [0, 0.05) is 41.3 Å². The first kappa shape index (κ1) is 25.0. The molecule has 0 aliphatic carbocycles. The molecule has 3 aromatic carbocycles. The molecular formula is C28H26N6O3S. The van der Waals surface area contributed by atoms with Crippen molar-refractivity contribution in [1.29, 1.82) is 0 Å². The minimum Gasteiger partial charge on any atom is -0.449 e.